The van der Waals surface area contributed by atoms with Gasteiger partial charge in [0.25, 0.3) is 0 Å². The maximum absolute atomic E-state index is 4.33. The Morgan fingerprint density at radius 1 is 1.61 bits per heavy atom. The van der Waals surface area contributed by atoms with Crippen molar-refractivity contribution < 1.29 is 0 Å². The molecule has 1 saturated carbocycles. The molecule has 0 spiro atoms. The van der Waals surface area contributed by atoms with Gasteiger partial charge in [0.1, 0.15) is 0 Å². The molecule has 0 bridgehead atoms. The van der Waals surface area contributed by atoms with Gasteiger partial charge in [-0.15, -0.1) is 0 Å². The van der Waals surface area contributed by atoms with E-state index >= 15 is 0 Å². The first kappa shape index (κ1) is 12.9. The Bertz CT molecular complexity index is 430. The van der Waals surface area contributed by atoms with E-state index < -0.39 is 0 Å². The maximum atomic E-state index is 4.33. The zero-order valence-electron chi connectivity index (χ0n) is 11.8. The van der Waals surface area contributed by atoms with Crippen LogP contribution in [-0.4, -0.2) is 41.3 Å². The summed E-state index contributed by atoms with van der Waals surface area (Å²) in [5, 5.41) is 7.63. The van der Waals surface area contributed by atoms with Crippen molar-refractivity contribution in [3.05, 3.63) is 18.0 Å². The number of aliphatic imine (C=N–C) groups is 1. The lowest BCUT2D eigenvalue weighted by Crippen LogP contribution is -2.40. The average Bonchev–Trinajstić information content (AvgIpc) is 2.92. The van der Waals surface area contributed by atoms with E-state index in [-0.39, 0.29) is 0 Å². The lowest BCUT2D eigenvalue weighted by atomic mass is 10.1. The van der Waals surface area contributed by atoms with Crippen LogP contribution in [0, 0.1) is 5.41 Å². The molecule has 0 aromatic carbocycles. The van der Waals surface area contributed by atoms with Gasteiger partial charge in [-0.2, -0.15) is 5.10 Å². The van der Waals surface area contributed by atoms with Gasteiger partial charge in [0.05, 0.1) is 6.20 Å². The molecule has 0 atom stereocenters. The zero-order chi connectivity index (χ0) is 13.2. The molecule has 18 heavy (non-hydrogen) atoms. The van der Waals surface area contributed by atoms with Crippen molar-refractivity contribution in [1.82, 2.24) is 20.0 Å². The van der Waals surface area contributed by atoms with Crippen molar-refractivity contribution in [3.63, 3.8) is 0 Å². The van der Waals surface area contributed by atoms with Gasteiger partial charge in [0, 0.05) is 46.0 Å². The summed E-state index contributed by atoms with van der Waals surface area (Å²) in [5.74, 6) is 0.951. The van der Waals surface area contributed by atoms with Crippen molar-refractivity contribution >= 4 is 5.96 Å². The monoisotopic (exact) mass is 249 g/mol. The number of hydrogen-bond donors (Lipinski definition) is 1. The number of nitrogens with zero attached hydrogens (tertiary/aromatic N) is 4. The fraction of sp³-hybridized carbons (Fsp3) is 0.692. The number of hydrogen-bond acceptors (Lipinski definition) is 2. The predicted molar refractivity (Wildman–Crippen MR) is 73.4 cm³/mol. The first-order valence-corrected chi connectivity index (χ1v) is 6.42. The normalized spacial score (nSPS) is 17.7. The third-order valence-electron chi connectivity index (χ3n) is 3.53. The van der Waals surface area contributed by atoms with Crippen LogP contribution >= 0.6 is 0 Å². The largest absolute Gasteiger partial charge is 0.356 e. The second kappa shape index (κ2) is 5.00. The lowest BCUT2D eigenvalue weighted by Gasteiger charge is -2.23. The summed E-state index contributed by atoms with van der Waals surface area (Å²) < 4.78 is 1.82. The van der Waals surface area contributed by atoms with E-state index in [2.05, 4.69) is 34.3 Å². The third-order valence-corrected chi connectivity index (χ3v) is 3.53. The van der Waals surface area contributed by atoms with Crippen LogP contribution in [0.3, 0.4) is 0 Å². The highest BCUT2D eigenvalue weighted by Crippen LogP contribution is 2.44. The number of rotatable bonds is 4. The fourth-order valence-corrected chi connectivity index (χ4v) is 1.97. The second-order valence-electron chi connectivity index (χ2n) is 5.59. The van der Waals surface area contributed by atoms with Gasteiger partial charge in [-0.1, -0.05) is 6.92 Å². The molecule has 1 heterocycles. The van der Waals surface area contributed by atoms with Gasteiger partial charge in [0.15, 0.2) is 5.96 Å². The molecule has 0 unspecified atom stereocenters. The summed E-state index contributed by atoms with van der Waals surface area (Å²) in [7, 11) is 5.82. The van der Waals surface area contributed by atoms with Gasteiger partial charge >= 0.3 is 0 Å². The summed E-state index contributed by atoms with van der Waals surface area (Å²) in [4.78, 5) is 6.45. The van der Waals surface area contributed by atoms with Crippen molar-refractivity contribution in [2.75, 3.05) is 20.6 Å². The van der Waals surface area contributed by atoms with E-state index in [4.69, 9.17) is 0 Å². The molecular formula is C13H23N5. The van der Waals surface area contributed by atoms with E-state index in [1.807, 2.05) is 31.2 Å². The molecule has 100 valence electrons. The van der Waals surface area contributed by atoms with Gasteiger partial charge in [-0.3, -0.25) is 9.67 Å². The summed E-state index contributed by atoms with van der Waals surface area (Å²) >= 11 is 0. The van der Waals surface area contributed by atoms with Gasteiger partial charge < -0.3 is 10.2 Å². The van der Waals surface area contributed by atoms with Gasteiger partial charge in [-0.25, -0.2) is 0 Å². The Morgan fingerprint density at radius 3 is 2.83 bits per heavy atom. The summed E-state index contributed by atoms with van der Waals surface area (Å²) in [6, 6.07) is 0. The highest BCUT2D eigenvalue weighted by Gasteiger charge is 2.37. The number of guanidine groups is 1. The lowest BCUT2D eigenvalue weighted by molar-refractivity contribution is 0.458. The average molecular weight is 249 g/mol. The molecular weight excluding hydrogens is 226 g/mol. The van der Waals surface area contributed by atoms with Crippen LogP contribution in [0.2, 0.25) is 0 Å². The zero-order valence-corrected chi connectivity index (χ0v) is 11.8. The molecule has 0 amide bonds. The highest BCUT2D eigenvalue weighted by molar-refractivity contribution is 5.79. The van der Waals surface area contributed by atoms with Crippen LogP contribution in [0.15, 0.2) is 17.4 Å². The van der Waals surface area contributed by atoms with Crippen molar-refractivity contribution in [2.24, 2.45) is 17.5 Å². The first-order valence-electron chi connectivity index (χ1n) is 6.42. The molecule has 1 aromatic rings. The summed E-state index contributed by atoms with van der Waals surface area (Å²) in [5.41, 5.74) is 1.69. The van der Waals surface area contributed by atoms with Crippen molar-refractivity contribution in [1.29, 1.82) is 0 Å². The number of nitrogens with one attached hydrogen (secondary N) is 1. The Morgan fingerprint density at radius 2 is 2.33 bits per heavy atom. The molecule has 0 saturated heterocycles. The van der Waals surface area contributed by atoms with E-state index in [1.54, 1.807) is 0 Å². The predicted octanol–water partition coefficient (Wildman–Crippen LogP) is 1.23. The minimum atomic E-state index is 0.491. The standard InChI is InChI=1S/C13H23N5/c1-13(5-6-13)10-15-12(14-2)17(3)8-11-7-16-18(4)9-11/h7,9H,5-6,8,10H2,1-4H3,(H,14,15). The molecule has 1 fully saturated rings. The Kier molecular flexibility index (Phi) is 3.59. The SMILES string of the molecule is CN=C(NCC1(C)CC1)N(C)Cc1cnn(C)c1. The smallest absolute Gasteiger partial charge is 0.193 e. The van der Waals surface area contributed by atoms with E-state index in [9.17, 15) is 0 Å². The van der Waals surface area contributed by atoms with Crippen LogP contribution in [0.1, 0.15) is 25.3 Å². The number of aryl methyl sites for hydroxylation is 1. The Labute approximate surface area is 109 Å². The molecule has 1 aliphatic carbocycles. The quantitative estimate of drug-likeness (QED) is 0.645. The van der Waals surface area contributed by atoms with E-state index in [0.29, 0.717) is 5.41 Å². The molecule has 1 N–H and O–H groups in total. The molecule has 5 heteroatoms. The molecule has 2 rings (SSSR count). The van der Waals surface area contributed by atoms with Crippen molar-refractivity contribution in [3.8, 4) is 0 Å². The number of aromatic nitrogens is 2. The van der Waals surface area contributed by atoms with Gasteiger partial charge in [-0.05, 0) is 18.3 Å². The second-order valence-corrected chi connectivity index (χ2v) is 5.59. The highest BCUT2D eigenvalue weighted by atomic mass is 15.3. The van der Waals surface area contributed by atoms with Gasteiger partial charge in [0.2, 0.25) is 0 Å². The Balaban J connectivity index is 1.87. The minimum Gasteiger partial charge on any atom is -0.356 e. The van der Waals surface area contributed by atoms with E-state index in [1.165, 1.54) is 18.4 Å². The van der Waals surface area contributed by atoms with Crippen LogP contribution in [0.4, 0.5) is 0 Å². The maximum Gasteiger partial charge on any atom is 0.193 e. The van der Waals surface area contributed by atoms with Crippen LogP contribution in [0.25, 0.3) is 0 Å². The molecule has 5 nitrogen and oxygen atoms in total. The van der Waals surface area contributed by atoms with Crippen LogP contribution in [0.5, 0.6) is 0 Å². The van der Waals surface area contributed by atoms with Crippen LogP contribution in [-0.2, 0) is 13.6 Å². The molecule has 0 radical (unpaired) electrons. The summed E-state index contributed by atoms with van der Waals surface area (Å²) in [6.07, 6.45) is 6.57. The molecule has 1 aliphatic rings. The fourth-order valence-electron chi connectivity index (χ4n) is 1.97. The topological polar surface area (TPSA) is 45.5 Å². The van der Waals surface area contributed by atoms with E-state index in [0.717, 1.165) is 19.0 Å². The molecule has 0 aliphatic heterocycles. The minimum absolute atomic E-state index is 0.491. The van der Waals surface area contributed by atoms with Crippen LogP contribution < -0.4 is 5.32 Å². The Hall–Kier alpha value is -1.52. The van der Waals surface area contributed by atoms with Crippen molar-refractivity contribution in [2.45, 2.75) is 26.3 Å². The summed E-state index contributed by atoms with van der Waals surface area (Å²) in [6.45, 7) is 4.15. The first-order chi connectivity index (χ1) is 8.52. The third kappa shape index (κ3) is 3.24. The molecule has 1 aromatic heterocycles.